The highest BCUT2D eigenvalue weighted by atomic mass is 32.2. The molecule has 0 aromatic heterocycles. The highest BCUT2D eigenvalue weighted by Gasteiger charge is 2.49. The lowest BCUT2D eigenvalue weighted by Crippen LogP contribution is -2.35. The Morgan fingerprint density at radius 3 is 2.05 bits per heavy atom. The van der Waals surface area contributed by atoms with Crippen LogP contribution >= 0.6 is 0 Å². The van der Waals surface area contributed by atoms with Gasteiger partial charge in [-0.25, -0.2) is 8.98 Å². The molecule has 0 aromatic carbocycles. The number of carbonyl (C=O) groups excluding carboxylic acids is 2. The van der Waals surface area contributed by atoms with Gasteiger partial charge in [-0.3, -0.25) is 4.79 Å². The third-order valence-corrected chi connectivity index (χ3v) is 2.88. The molecule has 0 aliphatic carbocycles. The molecule has 0 saturated heterocycles. The molecule has 0 aromatic rings. The van der Waals surface area contributed by atoms with Gasteiger partial charge in [0.25, 0.3) is 0 Å². The smallest absolute Gasteiger partial charge is 0.469 e. The molecule has 0 spiro atoms. The van der Waals surface area contributed by atoms with Crippen LogP contribution in [0.5, 0.6) is 0 Å². The van der Waals surface area contributed by atoms with Gasteiger partial charge in [0.1, 0.15) is 0 Å². The fourth-order valence-corrected chi connectivity index (χ4v) is 1.48. The number of esters is 2. The maximum atomic E-state index is 12.1. The van der Waals surface area contributed by atoms with Gasteiger partial charge in [-0.05, 0) is 6.42 Å². The maximum Gasteiger partial charge on any atom is 0.523 e. The molecule has 0 saturated carbocycles. The zero-order valence-electron chi connectivity index (χ0n) is 9.89. The van der Waals surface area contributed by atoms with Gasteiger partial charge < -0.3 is 9.47 Å². The van der Waals surface area contributed by atoms with E-state index in [-0.39, 0.29) is 0 Å². The van der Waals surface area contributed by atoms with Crippen LogP contribution in [0.3, 0.4) is 0 Å². The van der Waals surface area contributed by atoms with Crippen LogP contribution in [0.15, 0.2) is 0 Å². The lowest BCUT2D eigenvalue weighted by Gasteiger charge is -2.15. The second-order valence-electron chi connectivity index (χ2n) is 3.12. The van der Waals surface area contributed by atoms with Crippen LogP contribution in [0.1, 0.15) is 12.8 Å². The predicted octanol–water partition coefficient (Wildman–Crippen LogP) is 0.347. The molecule has 0 unspecified atom stereocenters. The van der Waals surface area contributed by atoms with E-state index in [2.05, 4.69) is 13.7 Å². The first-order chi connectivity index (χ1) is 8.55. The van der Waals surface area contributed by atoms with Crippen molar-refractivity contribution in [3.63, 3.8) is 0 Å². The third kappa shape index (κ3) is 5.42. The largest absolute Gasteiger partial charge is 0.523 e. The van der Waals surface area contributed by atoms with Crippen LogP contribution in [-0.4, -0.2) is 46.2 Å². The second-order valence-corrected chi connectivity index (χ2v) is 4.69. The molecule has 19 heavy (non-hydrogen) atoms. The Labute approximate surface area is 106 Å². The predicted molar refractivity (Wildman–Crippen MR) is 53.1 cm³/mol. The zero-order chi connectivity index (χ0) is 15.3. The summed E-state index contributed by atoms with van der Waals surface area (Å²) in [5.41, 5.74) is -5.68. The fraction of sp³-hybridized carbons (Fsp3) is 0.750. The van der Waals surface area contributed by atoms with Gasteiger partial charge in [0.05, 0.1) is 14.2 Å². The highest BCUT2D eigenvalue weighted by molar-refractivity contribution is 7.87. The van der Waals surface area contributed by atoms with E-state index >= 15 is 0 Å². The van der Waals surface area contributed by atoms with Crippen molar-refractivity contribution in [2.45, 2.75) is 24.5 Å². The third-order valence-electron chi connectivity index (χ3n) is 1.83. The van der Waals surface area contributed by atoms with Crippen molar-refractivity contribution in [3.8, 4) is 0 Å². The molecule has 0 heterocycles. The summed E-state index contributed by atoms with van der Waals surface area (Å²) in [4.78, 5) is 21.9. The van der Waals surface area contributed by atoms with Gasteiger partial charge in [-0.2, -0.15) is 21.6 Å². The summed E-state index contributed by atoms with van der Waals surface area (Å²) < 4.78 is 69.7. The fourth-order valence-electron chi connectivity index (χ4n) is 0.895. The van der Waals surface area contributed by atoms with Crippen LogP contribution in [0.25, 0.3) is 0 Å². The Kier molecular flexibility index (Phi) is 6.22. The molecule has 1 atom stereocenters. The molecule has 112 valence electrons. The lowest BCUT2D eigenvalue weighted by atomic mass is 10.2. The normalized spacial score (nSPS) is 13.7. The van der Waals surface area contributed by atoms with E-state index in [4.69, 9.17) is 0 Å². The summed E-state index contributed by atoms with van der Waals surface area (Å²) in [6, 6.07) is 0. The van der Waals surface area contributed by atoms with Crippen LogP contribution in [0.2, 0.25) is 0 Å². The van der Waals surface area contributed by atoms with Gasteiger partial charge in [0, 0.05) is 6.42 Å². The standard InChI is InChI=1S/C8H11F3O7S/c1-16-6(12)4-3-5(7(13)17-2)18-19(14,15)8(9,10)11/h5H,3-4H2,1-2H3/t5-/m0/s1. The number of halogens is 3. The topological polar surface area (TPSA) is 96.0 Å². The summed E-state index contributed by atoms with van der Waals surface area (Å²) in [6.45, 7) is 0. The van der Waals surface area contributed by atoms with Crippen molar-refractivity contribution in [1.82, 2.24) is 0 Å². The molecule has 0 amide bonds. The monoisotopic (exact) mass is 308 g/mol. The summed E-state index contributed by atoms with van der Waals surface area (Å²) in [5.74, 6) is -2.20. The summed E-state index contributed by atoms with van der Waals surface area (Å²) in [6.07, 6.45) is -3.21. The molecule has 7 nitrogen and oxygen atoms in total. The molecule has 0 radical (unpaired) electrons. The van der Waals surface area contributed by atoms with E-state index in [0.29, 0.717) is 0 Å². The van der Waals surface area contributed by atoms with Gasteiger partial charge >= 0.3 is 27.6 Å². The van der Waals surface area contributed by atoms with Crippen LogP contribution in [0, 0.1) is 0 Å². The van der Waals surface area contributed by atoms with E-state index in [9.17, 15) is 31.2 Å². The Hall–Kier alpha value is -1.36. The average molecular weight is 308 g/mol. The lowest BCUT2D eigenvalue weighted by molar-refractivity contribution is -0.150. The molecule has 0 bridgehead atoms. The summed E-state index contributed by atoms with van der Waals surface area (Å²) in [7, 11) is -4.11. The molecular formula is C8H11F3O7S. The van der Waals surface area contributed by atoms with Crippen molar-refractivity contribution in [2.75, 3.05) is 14.2 Å². The number of methoxy groups -OCH3 is 2. The Balaban J connectivity index is 4.89. The molecule has 0 N–H and O–H groups in total. The number of ether oxygens (including phenoxy) is 2. The van der Waals surface area contributed by atoms with E-state index in [1.165, 1.54) is 0 Å². The summed E-state index contributed by atoms with van der Waals surface area (Å²) in [5, 5.41) is 0. The van der Waals surface area contributed by atoms with Crippen LogP contribution < -0.4 is 0 Å². The first kappa shape index (κ1) is 17.6. The molecule has 11 heteroatoms. The van der Waals surface area contributed by atoms with E-state index in [1.54, 1.807) is 0 Å². The SMILES string of the molecule is COC(=O)CC[C@H](OS(=O)(=O)C(F)(F)F)C(=O)OC. The first-order valence-electron chi connectivity index (χ1n) is 4.69. The minimum atomic E-state index is -5.96. The number of hydrogen-bond acceptors (Lipinski definition) is 7. The maximum absolute atomic E-state index is 12.1. The van der Waals surface area contributed by atoms with Crippen molar-refractivity contribution in [3.05, 3.63) is 0 Å². The molecule has 0 fully saturated rings. The van der Waals surface area contributed by atoms with Crippen LogP contribution in [0.4, 0.5) is 13.2 Å². The van der Waals surface area contributed by atoms with Crippen LogP contribution in [-0.2, 0) is 33.4 Å². The number of rotatable bonds is 6. The first-order valence-corrected chi connectivity index (χ1v) is 6.10. The highest BCUT2D eigenvalue weighted by Crippen LogP contribution is 2.26. The number of hydrogen-bond donors (Lipinski definition) is 0. The molecule has 0 aliphatic rings. The Morgan fingerprint density at radius 2 is 1.68 bits per heavy atom. The Morgan fingerprint density at radius 1 is 1.16 bits per heavy atom. The van der Waals surface area contributed by atoms with E-state index < -0.39 is 46.5 Å². The van der Waals surface area contributed by atoms with E-state index in [1.807, 2.05) is 0 Å². The second kappa shape index (κ2) is 6.70. The van der Waals surface area contributed by atoms with Gasteiger partial charge in [0.2, 0.25) is 0 Å². The summed E-state index contributed by atoms with van der Waals surface area (Å²) >= 11 is 0. The molecule has 0 rings (SSSR count). The van der Waals surface area contributed by atoms with Crippen molar-refractivity contribution >= 4 is 22.1 Å². The number of alkyl halides is 3. The van der Waals surface area contributed by atoms with E-state index in [0.717, 1.165) is 14.2 Å². The molecule has 0 aliphatic heterocycles. The van der Waals surface area contributed by atoms with Gasteiger partial charge in [-0.15, -0.1) is 0 Å². The number of carbonyl (C=O) groups is 2. The molecular weight excluding hydrogens is 297 g/mol. The van der Waals surface area contributed by atoms with Gasteiger partial charge in [0.15, 0.2) is 6.10 Å². The average Bonchev–Trinajstić information content (AvgIpc) is 2.31. The van der Waals surface area contributed by atoms with Gasteiger partial charge in [-0.1, -0.05) is 0 Å². The minimum absolute atomic E-state index is 0.510. The minimum Gasteiger partial charge on any atom is -0.469 e. The van der Waals surface area contributed by atoms with Crippen molar-refractivity contribution < 1.29 is 44.8 Å². The van der Waals surface area contributed by atoms with Crippen molar-refractivity contribution in [1.29, 1.82) is 0 Å². The quantitative estimate of drug-likeness (QED) is 0.397. The Bertz CT molecular complexity index is 428. The van der Waals surface area contributed by atoms with Crippen molar-refractivity contribution in [2.24, 2.45) is 0 Å². The zero-order valence-corrected chi connectivity index (χ0v) is 10.7.